The van der Waals surface area contributed by atoms with Gasteiger partial charge in [0.15, 0.2) is 0 Å². The van der Waals surface area contributed by atoms with E-state index in [0.29, 0.717) is 19.5 Å². The summed E-state index contributed by atoms with van der Waals surface area (Å²) in [6, 6.07) is 14.1. The lowest BCUT2D eigenvalue weighted by Gasteiger charge is -2.28. The molecule has 156 valence electrons. The fourth-order valence-electron chi connectivity index (χ4n) is 4.55. The quantitative estimate of drug-likeness (QED) is 0.473. The monoisotopic (exact) mass is 414 g/mol. The molecule has 7 heteroatoms. The maximum Gasteiger partial charge on any atom is 0.291 e. The number of fused-ring (bicyclic) bond motifs is 1. The highest BCUT2D eigenvalue weighted by Crippen LogP contribution is 2.45. The van der Waals surface area contributed by atoms with Gasteiger partial charge in [-0.3, -0.25) is 9.59 Å². The number of Topliss-reactive ketones (excluding diaryl/α,β-unsaturated/α-hetero) is 1. The molecule has 2 unspecified atom stereocenters. The molecule has 2 N–H and O–H groups in total. The standard InChI is InChI=1S/C24H22N4O3/c29-17-6-3-5-16(13-17)22-21(19-14-26-20-8-2-1-7-18(19)20)23(30)24(31)28(22)11-4-10-27-12-9-25-15-27/h1-3,5-9,12-15,21-22,26,29H,4,10-11H2. The predicted octanol–water partition coefficient (Wildman–Crippen LogP) is 3.40. The second-order valence-corrected chi connectivity index (χ2v) is 7.82. The van der Waals surface area contributed by atoms with Gasteiger partial charge in [-0.15, -0.1) is 0 Å². The molecule has 1 amide bonds. The number of aryl methyl sites for hydroxylation is 1. The number of rotatable bonds is 6. The number of phenols is 1. The zero-order valence-corrected chi connectivity index (χ0v) is 16.8. The van der Waals surface area contributed by atoms with Gasteiger partial charge >= 0.3 is 0 Å². The molecule has 5 rings (SSSR count). The lowest BCUT2D eigenvalue weighted by atomic mass is 9.86. The largest absolute Gasteiger partial charge is 0.508 e. The van der Waals surface area contributed by atoms with Gasteiger partial charge in [0.1, 0.15) is 5.75 Å². The molecular formula is C24H22N4O3. The molecule has 2 aromatic heterocycles. The van der Waals surface area contributed by atoms with Gasteiger partial charge in [-0.05, 0) is 35.7 Å². The number of carbonyl (C=O) groups is 2. The third kappa shape index (κ3) is 3.38. The van der Waals surface area contributed by atoms with E-state index < -0.39 is 23.7 Å². The van der Waals surface area contributed by atoms with Crippen LogP contribution >= 0.6 is 0 Å². The van der Waals surface area contributed by atoms with Crippen LogP contribution in [-0.2, 0) is 16.1 Å². The SMILES string of the molecule is O=C1C(=O)N(CCCn2ccnc2)C(c2cccc(O)c2)C1c1c[nH]c2ccccc12. The number of nitrogens with one attached hydrogen (secondary N) is 1. The van der Waals surface area contributed by atoms with Crippen LogP contribution in [0.25, 0.3) is 10.9 Å². The lowest BCUT2D eigenvalue weighted by molar-refractivity contribution is -0.140. The van der Waals surface area contributed by atoms with E-state index in [-0.39, 0.29) is 5.75 Å². The lowest BCUT2D eigenvalue weighted by Crippen LogP contribution is -2.31. The summed E-state index contributed by atoms with van der Waals surface area (Å²) in [6.07, 6.45) is 7.83. The van der Waals surface area contributed by atoms with Crippen LogP contribution in [0.5, 0.6) is 5.75 Å². The molecule has 2 atom stereocenters. The van der Waals surface area contributed by atoms with Gasteiger partial charge in [-0.1, -0.05) is 30.3 Å². The van der Waals surface area contributed by atoms with E-state index in [0.717, 1.165) is 22.0 Å². The number of aromatic amines is 1. The van der Waals surface area contributed by atoms with E-state index in [1.807, 2.05) is 47.3 Å². The van der Waals surface area contributed by atoms with Crippen molar-refractivity contribution in [3.05, 3.63) is 84.6 Å². The molecule has 31 heavy (non-hydrogen) atoms. The van der Waals surface area contributed by atoms with Crippen LogP contribution in [0.1, 0.15) is 29.5 Å². The van der Waals surface area contributed by atoms with Crippen molar-refractivity contribution in [1.82, 2.24) is 19.4 Å². The van der Waals surface area contributed by atoms with Crippen molar-refractivity contribution in [3.8, 4) is 5.75 Å². The molecule has 1 fully saturated rings. The number of amides is 1. The number of benzene rings is 2. The molecule has 0 spiro atoms. The van der Waals surface area contributed by atoms with Crippen molar-refractivity contribution in [2.24, 2.45) is 0 Å². The summed E-state index contributed by atoms with van der Waals surface area (Å²) in [7, 11) is 0. The van der Waals surface area contributed by atoms with Crippen LogP contribution in [0.4, 0.5) is 0 Å². The molecule has 7 nitrogen and oxygen atoms in total. The van der Waals surface area contributed by atoms with Gasteiger partial charge in [0.25, 0.3) is 5.91 Å². The highest BCUT2D eigenvalue weighted by molar-refractivity contribution is 6.40. The zero-order valence-electron chi connectivity index (χ0n) is 16.8. The molecule has 1 aliphatic heterocycles. The van der Waals surface area contributed by atoms with Gasteiger partial charge < -0.3 is 19.6 Å². The number of aromatic hydroxyl groups is 1. The van der Waals surface area contributed by atoms with E-state index in [1.54, 1.807) is 35.6 Å². The van der Waals surface area contributed by atoms with Crippen LogP contribution < -0.4 is 0 Å². The minimum Gasteiger partial charge on any atom is -0.508 e. The Bertz CT molecular complexity index is 1240. The number of para-hydroxylation sites is 1. The second-order valence-electron chi connectivity index (χ2n) is 7.82. The Kier molecular flexibility index (Phi) is 4.78. The summed E-state index contributed by atoms with van der Waals surface area (Å²) in [6.45, 7) is 1.13. The van der Waals surface area contributed by atoms with E-state index >= 15 is 0 Å². The van der Waals surface area contributed by atoms with E-state index in [4.69, 9.17) is 0 Å². The smallest absolute Gasteiger partial charge is 0.291 e. The van der Waals surface area contributed by atoms with E-state index in [1.165, 1.54) is 0 Å². The highest BCUT2D eigenvalue weighted by atomic mass is 16.3. The topological polar surface area (TPSA) is 91.2 Å². The fourth-order valence-corrected chi connectivity index (χ4v) is 4.55. The third-order valence-corrected chi connectivity index (χ3v) is 5.95. The van der Waals surface area contributed by atoms with Gasteiger partial charge in [0, 0.05) is 42.6 Å². The summed E-state index contributed by atoms with van der Waals surface area (Å²) in [4.78, 5) is 35.2. The van der Waals surface area contributed by atoms with Crippen LogP contribution in [-0.4, -0.2) is 42.8 Å². The number of nitrogens with zero attached hydrogens (tertiary/aromatic N) is 3. The van der Waals surface area contributed by atoms with Crippen molar-refractivity contribution >= 4 is 22.6 Å². The molecule has 2 aromatic carbocycles. The number of ketones is 1. The molecule has 1 saturated heterocycles. The maximum absolute atomic E-state index is 13.2. The molecule has 4 aromatic rings. The van der Waals surface area contributed by atoms with Crippen LogP contribution in [0, 0.1) is 0 Å². The van der Waals surface area contributed by atoms with Gasteiger partial charge in [-0.25, -0.2) is 4.98 Å². The first kappa shape index (κ1) is 19.1. The highest BCUT2D eigenvalue weighted by Gasteiger charge is 2.49. The van der Waals surface area contributed by atoms with Gasteiger partial charge in [0.2, 0.25) is 5.78 Å². The van der Waals surface area contributed by atoms with E-state index in [2.05, 4.69) is 9.97 Å². The minimum atomic E-state index is -0.640. The minimum absolute atomic E-state index is 0.111. The Morgan fingerprint density at radius 3 is 2.74 bits per heavy atom. The second kappa shape index (κ2) is 7.75. The average Bonchev–Trinajstić information content (AvgIpc) is 3.49. The summed E-state index contributed by atoms with van der Waals surface area (Å²) < 4.78 is 1.95. The molecule has 3 heterocycles. The molecule has 0 radical (unpaired) electrons. The molecule has 0 aliphatic carbocycles. The normalized spacial score (nSPS) is 18.9. The van der Waals surface area contributed by atoms with Crippen molar-refractivity contribution in [3.63, 3.8) is 0 Å². The van der Waals surface area contributed by atoms with Crippen LogP contribution in [0.15, 0.2) is 73.4 Å². The molecule has 0 saturated carbocycles. The number of likely N-dealkylation sites (tertiary alicyclic amines) is 1. The molecule has 0 bridgehead atoms. The molecular weight excluding hydrogens is 392 g/mol. The summed E-state index contributed by atoms with van der Waals surface area (Å²) >= 11 is 0. The number of hydrogen-bond acceptors (Lipinski definition) is 4. The Labute approximate surface area is 179 Å². The van der Waals surface area contributed by atoms with Gasteiger partial charge in [-0.2, -0.15) is 0 Å². The van der Waals surface area contributed by atoms with Crippen molar-refractivity contribution in [1.29, 1.82) is 0 Å². The Hall–Kier alpha value is -3.87. The average molecular weight is 414 g/mol. The Morgan fingerprint density at radius 1 is 1.06 bits per heavy atom. The van der Waals surface area contributed by atoms with Crippen molar-refractivity contribution in [2.75, 3.05) is 6.54 Å². The summed E-state index contributed by atoms with van der Waals surface area (Å²) in [5, 5.41) is 11.0. The third-order valence-electron chi connectivity index (χ3n) is 5.95. The van der Waals surface area contributed by atoms with Gasteiger partial charge in [0.05, 0.1) is 18.3 Å². The number of aromatic nitrogens is 3. The van der Waals surface area contributed by atoms with E-state index in [9.17, 15) is 14.7 Å². The number of carbonyl (C=O) groups excluding carboxylic acids is 2. The fraction of sp³-hybridized carbons (Fsp3) is 0.208. The zero-order chi connectivity index (χ0) is 21.4. The Balaban J connectivity index is 1.54. The summed E-state index contributed by atoms with van der Waals surface area (Å²) in [5.41, 5.74) is 2.47. The number of phenolic OH excluding ortho intramolecular Hbond substituents is 1. The number of hydrogen-bond donors (Lipinski definition) is 2. The first-order chi connectivity index (χ1) is 15.1. The Morgan fingerprint density at radius 2 is 1.94 bits per heavy atom. The maximum atomic E-state index is 13.2. The number of H-pyrrole nitrogens is 1. The first-order valence-electron chi connectivity index (χ1n) is 10.3. The summed E-state index contributed by atoms with van der Waals surface area (Å²) in [5.74, 6) is -1.42. The van der Waals surface area contributed by atoms with Crippen molar-refractivity contribution < 1.29 is 14.7 Å². The van der Waals surface area contributed by atoms with Crippen LogP contribution in [0.3, 0.4) is 0 Å². The van der Waals surface area contributed by atoms with Crippen LogP contribution in [0.2, 0.25) is 0 Å². The van der Waals surface area contributed by atoms with Crippen molar-refractivity contribution in [2.45, 2.75) is 24.9 Å². The number of imidazole rings is 1. The molecule has 1 aliphatic rings. The predicted molar refractivity (Wildman–Crippen MR) is 115 cm³/mol. The first-order valence-corrected chi connectivity index (χ1v) is 10.3.